The fraction of sp³-hybridized carbons (Fsp3) is 0.471. The van der Waals surface area contributed by atoms with E-state index in [1.807, 2.05) is 19.1 Å². The van der Waals surface area contributed by atoms with Crippen LogP contribution in [-0.4, -0.2) is 32.3 Å². The number of furan rings is 1. The van der Waals surface area contributed by atoms with Crippen LogP contribution in [0.3, 0.4) is 0 Å². The molecule has 0 fully saturated rings. The summed E-state index contributed by atoms with van der Waals surface area (Å²) in [7, 11) is 0. The first kappa shape index (κ1) is 17.6. The van der Waals surface area contributed by atoms with E-state index in [9.17, 15) is 0 Å². The van der Waals surface area contributed by atoms with Crippen molar-refractivity contribution < 1.29 is 9.15 Å². The van der Waals surface area contributed by atoms with Crippen LogP contribution in [0.1, 0.15) is 24.0 Å². The van der Waals surface area contributed by atoms with E-state index < -0.39 is 0 Å². The molecule has 0 aliphatic carbocycles. The Morgan fingerprint density at radius 2 is 2.17 bits per heavy atom. The van der Waals surface area contributed by atoms with Crippen LogP contribution in [-0.2, 0) is 17.7 Å². The number of thiophene rings is 1. The molecule has 2 heterocycles. The molecule has 2 N–H and O–H groups in total. The summed E-state index contributed by atoms with van der Waals surface area (Å²) in [5.41, 5.74) is 0. The molecule has 2 aromatic heterocycles. The summed E-state index contributed by atoms with van der Waals surface area (Å²) in [5.74, 6) is 1.81. The molecule has 0 aromatic carbocycles. The van der Waals surface area contributed by atoms with Crippen LogP contribution in [0.4, 0.5) is 0 Å². The van der Waals surface area contributed by atoms with Crippen LogP contribution in [0.25, 0.3) is 0 Å². The second kappa shape index (κ2) is 10.9. The zero-order valence-corrected chi connectivity index (χ0v) is 14.4. The fourth-order valence-corrected chi connectivity index (χ4v) is 2.65. The number of hydrogen-bond donors (Lipinski definition) is 2. The van der Waals surface area contributed by atoms with E-state index in [4.69, 9.17) is 9.15 Å². The first-order valence-corrected chi connectivity index (χ1v) is 8.91. The minimum absolute atomic E-state index is 0.694. The third kappa shape index (κ3) is 7.34. The van der Waals surface area contributed by atoms with Crippen molar-refractivity contribution in [2.24, 2.45) is 4.99 Å². The van der Waals surface area contributed by atoms with E-state index in [2.05, 4.69) is 33.1 Å². The van der Waals surface area contributed by atoms with E-state index in [1.165, 1.54) is 4.88 Å². The molecule has 0 saturated heterocycles. The quantitative estimate of drug-likeness (QED) is 0.398. The van der Waals surface area contributed by atoms with Crippen LogP contribution >= 0.6 is 11.3 Å². The van der Waals surface area contributed by atoms with Gasteiger partial charge in [0.2, 0.25) is 0 Å². The Hall–Kier alpha value is -1.79. The molecule has 0 spiro atoms. The summed E-state index contributed by atoms with van der Waals surface area (Å²) in [4.78, 5) is 5.89. The van der Waals surface area contributed by atoms with Gasteiger partial charge in [-0.2, -0.15) is 0 Å². The van der Waals surface area contributed by atoms with Crippen molar-refractivity contribution in [2.45, 2.75) is 26.3 Å². The third-order valence-corrected chi connectivity index (χ3v) is 4.04. The molecule has 0 saturated carbocycles. The second-order valence-electron chi connectivity index (χ2n) is 4.98. The molecule has 6 heteroatoms. The molecule has 2 aromatic rings. The molecule has 0 aliphatic heterocycles. The number of aliphatic imine (C=N–C) groups is 1. The summed E-state index contributed by atoms with van der Waals surface area (Å²) < 4.78 is 10.7. The Balaban J connectivity index is 1.76. The summed E-state index contributed by atoms with van der Waals surface area (Å²) in [6.07, 6.45) is 3.50. The van der Waals surface area contributed by atoms with Crippen molar-refractivity contribution in [1.82, 2.24) is 10.6 Å². The molecule has 0 amide bonds. The average molecular weight is 335 g/mol. The van der Waals surface area contributed by atoms with Gasteiger partial charge in [0.15, 0.2) is 5.96 Å². The summed E-state index contributed by atoms with van der Waals surface area (Å²) in [6.45, 7) is 5.87. The van der Waals surface area contributed by atoms with Crippen molar-refractivity contribution in [1.29, 1.82) is 0 Å². The van der Waals surface area contributed by atoms with Gasteiger partial charge < -0.3 is 19.8 Å². The van der Waals surface area contributed by atoms with Gasteiger partial charge in [-0.25, -0.2) is 4.99 Å². The molecule has 0 unspecified atom stereocenters. The van der Waals surface area contributed by atoms with E-state index in [0.29, 0.717) is 6.54 Å². The molecule has 5 nitrogen and oxygen atoms in total. The van der Waals surface area contributed by atoms with Crippen LogP contribution < -0.4 is 10.6 Å². The smallest absolute Gasteiger partial charge is 0.191 e. The van der Waals surface area contributed by atoms with Gasteiger partial charge in [0.05, 0.1) is 12.8 Å². The van der Waals surface area contributed by atoms with Gasteiger partial charge >= 0.3 is 0 Å². The lowest BCUT2D eigenvalue weighted by Gasteiger charge is -2.12. The van der Waals surface area contributed by atoms with E-state index in [-0.39, 0.29) is 0 Å². The Bertz CT molecular complexity index is 538. The van der Waals surface area contributed by atoms with Gasteiger partial charge in [-0.3, -0.25) is 0 Å². The maximum absolute atomic E-state index is 5.35. The van der Waals surface area contributed by atoms with Crippen molar-refractivity contribution in [3.05, 3.63) is 46.5 Å². The van der Waals surface area contributed by atoms with Crippen molar-refractivity contribution >= 4 is 17.3 Å². The molecule has 126 valence electrons. The molecule has 0 atom stereocenters. The summed E-state index contributed by atoms with van der Waals surface area (Å²) in [6, 6.07) is 8.05. The Labute approximate surface area is 141 Å². The molecule has 2 rings (SSSR count). The zero-order chi connectivity index (χ0) is 16.2. The number of nitrogens with one attached hydrogen (secondary N) is 2. The van der Waals surface area contributed by atoms with Gasteiger partial charge in [0, 0.05) is 37.6 Å². The molecular weight excluding hydrogens is 310 g/mol. The SMILES string of the molecule is CCOCCCNC(=NCc1cccs1)NCCc1ccco1. The van der Waals surface area contributed by atoms with Crippen LogP contribution in [0.15, 0.2) is 45.3 Å². The highest BCUT2D eigenvalue weighted by molar-refractivity contribution is 7.09. The van der Waals surface area contributed by atoms with Gasteiger partial charge in [-0.15, -0.1) is 11.3 Å². The van der Waals surface area contributed by atoms with Gasteiger partial charge in [-0.05, 0) is 36.9 Å². The topological polar surface area (TPSA) is 58.8 Å². The molecule has 0 radical (unpaired) electrons. The minimum Gasteiger partial charge on any atom is -0.469 e. The Morgan fingerprint density at radius 1 is 1.26 bits per heavy atom. The van der Waals surface area contributed by atoms with Crippen molar-refractivity contribution in [3.8, 4) is 0 Å². The largest absolute Gasteiger partial charge is 0.469 e. The van der Waals surface area contributed by atoms with E-state index in [0.717, 1.165) is 50.9 Å². The molecular formula is C17H25N3O2S. The molecule has 23 heavy (non-hydrogen) atoms. The Kier molecular flexibility index (Phi) is 8.29. The maximum Gasteiger partial charge on any atom is 0.191 e. The monoisotopic (exact) mass is 335 g/mol. The number of hydrogen-bond acceptors (Lipinski definition) is 4. The normalized spacial score (nSPS) is 11.6. The van der Waals surface area contributed by atoms with E-state index >= 15 is 0 Å². The second-order valence-corrected chi connectivity index (χ2v) is 6.01. The predicted octanol–water partition coefficient (Wildman–Crippen LogP) is 3.05. The van der Waals surface area contributed by atoms with Crippen LogP contribution in [0.5, 0.6) is 0 Å². The summed E-state index contributed by atoms with van der Waals surface area (Å²) >= 11 is 1.72. The van der Waals surface area contributed by atoms with Crippen LogP contribution in [0, 0.1) is 0 Å². The van der Waals surface area contributed by atoms with Crippen LogP contribution in [0.2, 0.25) is 0 Å². The number of rotatable bonds is 10. The molecule has 0 aliphatic rings. The average Bonchev–Trinajstić information content (AvgIpc) is 3.25. The fourth-order valence-electron chi connectivity index (χ4n) is 2.02. The van der Waals surface area contributed by atoms with Gasteiger partial charge in [0.25, 0.3) is 0 Å². The van der Waals surface area contributed by atoms with Gasteiger partial charge in [-0.1, -0.05) is 6.07 Å². The zero-order valence-electron chi connectivity index (χ0n) is 13.6. The summed E-state index contributed by atoms with van der Waals surface area (Å²) in [5, 5.41) is 8.78. The van der Waals surface area contributed by atoms with E-state index in [1.54, 1.807) is 17.6 Å². The van der Waals surface area contributed by atoms with Crippen molar-refractivity contribution in [3.63, 3.8) is 0 Å². The highest BCUT2D eigenvalue weighted by Crippen LogP contribution is 2.09. The van der Waals surface area contributed by atoms with Crippen molar-refractivity contribution in [2.75, 3.05) is 26.3 Å². The Morgan fingerprint density at radius 3 is 2.91 bits per heavy atom. The lowest BCUT2D eigenvalue weighted by atomic mass is 10.3. The number of nitrogens with zero attached hydrogens (tertiary/aromatic N) is 1. The van der Waals surface area contributed by atoms with Gasteiger partial charge in [0.1, 0.15) is 5.76 Å². The maximum atomic E-state index is 5.35. The standard InChI is InChI=1S/C17H25N3O2S/c1-2-21-11-5-9-18-17(20-14-16-7-4-13-23-16)19-10-8-15-6-3-12-22-15/h3-4,6-7,12-13H,2,5,8-11,14H2,1H3,(H2,18,19,20). The first-order chi connectivity index (χ1) is 11.4. The lowest BCUT2D eigenvalue weighted by Crippen LogP contribution is -2.39. The number of guanidine groups is 1. The highest BCUT2D eigenvalue weighted by Gasteiger charge is 2.01. The minimum atomic E-state index is 0.694. The first-order valence-electron chi connectivity index (χ1n) is 8.03. The predicted molar refractivity (Wildman–Crippen MR) is 95.0 cm³/mol. The number of ether oxygens (including phenoxy) is 1. The lowest BCUT2D eigenvalue weighted by molar-refractivity contribution is 0.145. The third-order valence-electron chi connectivity index (χ3n) is 3.18. The molecule has 0 bridgehead atoms. The highest BCUT2D eigenvalue weighted by atomic mass is 32.1.